The highest BCUT2D eigenvalue weighted by molar-refractivity contribution is 8.22. The minimum atomic E-state index is -0.388. The Morgan fingerprint density at radius 2 is 1.84 bits per heavy atom. The number of ether oxygens (including phenoxy) is 2. The number of nitrogens with one attached hydrogen (secondary N) is 1. The predicted octanol–water partition coefficient (Wildman–Crippen LogP) is 5.88. The van der Waals surface area contributed by atoms with Crippen LogP contribution in [0.3, 0.4) is 0 Å². The van der Waals surface area contributed by atoms with Gasteiger partial charge in [-0.1, -0.05) is 30.4 Å². The molecule has 31 heavy (non-hydrogen) atoms. The average molecular weight is 454 g/mol. The fourth-order valence-corrected chi connectivity index (χ4v) is 4.83. The molecule has 4 aromatic rings. The highest BCUT2D eigenvalue weighted by Gasteiger charge is 2.13. The minimum Gasteiger partial charge on any atom is -0.493 e. The maximum Gasteiger partial charge on any atom is 0.336 e. The zero-order valence-corrected chi connectivity index (χ0v) is 19.0. The molecule has 7 heteroatoms. The van der Waals surface area contributed by atoms with Gasteiger partial charge in [0, 0.05) is 44.6 Å². The molecule has 0 spiro atoms. The van der Waals surface area contributed by atoms with E-state index in [0.717, 1.165) is 39.9 Å². The summed E-state index contributed by atoms with van der Waals surface area (Å²) in [5, 5.41) is 2.10. The quantitative estimate of drug-likeness (QED) is 0.266. The van der Waals surface area contributed by atoms with E-state index in [1.54, 1.807) is 32.0 Å². The Balaban J connectivity index is 1.41. The molecule has 2 aromatic heterocycles. The summed E-state index contributed by atoms with van der Waals surface area (Å²) in [4.78, 5) is 15.3. The van der Waals surface area contributed by atoms with Gasteiger partial charge in [0.15, 0.2) is 11.5 Å². The monoisotopic (exact) mass is 453 g/mol. The van der Waals surface area contributed by atoms with Crippen LogP contribution in [0.2, 0.25) is 0 Å². The minimum absolute atomic E-state index is 0.388. The van der Waals surface area contributed by atoms with Crippen LogP contribution in [0.5, 0.6) is 11.5 Å². The van der Waals surface area contributed by atoms with Crippen LogP contribution >= 0.6 is 24.0 Å². The second-order valence-electron chi connectivity index (χ2n) is 7.17. The maximum absolute atomic E-state index is 12.0. The summed E-state index contributed by atoms with van der Waals surface area (Å²) in [6.07, 6.45) is 4.88. The van der Waals surface area contributed by atoms with Crippen molar-refractivity contribution in [3.05, 3.63) is 70.2 Å². The van der Waals surface area contributed by atoms with Crippen molar-refractivity contribution >= 4 is 50.0 Å². The summed E-state index contributed by atoms with van der Waals surface area (Å²) < 4.78 is 17.0. The predicted molar refractivity (Wildman–Crippen MR) is 131 cm³/mol. The van der Waals surface area contributed by atoms with Gasteiger partial charge in [-0.15, -0.1) is 11.8 Å². The van der Waals surface area contributed by atoms with Crippen molar-refractivity contribution < 1.29 is 13.9 Å². The summed E-state index contributed by atoms with van der Waals surface area (Å²) in [6, 6.07) is 13.4. The van der Waals surface area contributed by atoms with Crippen LogP contribution in [0.1, 0.15) is 24.0 Å². The van der Waals surface area contributed by atoms with Crippen LogP contribution in [0, 0.1) is 0 Å². The van der Waals surface area contributed by atoms with Gasteiger partial charge in [0.1, 0.15) is 5.58 Å². The number of methoxy groups -OCH3 is 2. The summed E-state index contributed by atoms with van der Waals surface area (Å²) in [7, 11) is 3.14. The Labute approximate surface area is 189 Å². The van der Waals surface area contributed by atoms with E-state index in [2.05, 4.69) is 29.4 Å². The van der Waals surface area contributed by atoms with Gasteiger partial charge in [0.25, 0.3) is 0 Å². The van der Waals surface area contributed by atoms with Gasteiger partial charge in [0.2, 0.25) is 0 Å². The van der Waals surface area contributed by atoms with Crippen LogP contribution in [-0.2, 0) is 12.2 Å². The zero-order chi connectivity index (χ0) is 21.8. The maximum atomic E-state index is 12.0. The largest absolute Gasteiger partial charge is 0.493 e. The molecule has 1 N–H and O–H groups in total. The van der Waals surface area contributed by atoms with Crippen LogP contribution in [0.4, 0.5) is 0 Å². The highest BCUT2D eigenvalue weighted by atomic mass is 32.2. The molecular weight excluding hydrogens is 430 g/mol. The summed E-state index contributed by atoms with van der Waals surface area (Å²) >= 11 is 7.18. The molecule has 0 bridgehead atoms. The molecule has 0 amide bonds. The Hall–Kier alpha value is -2.77. The molecule has 0 saturated heterocycles. The lowest BCUT2D eigenvalue weighted by Crippen LogP contribution is -2.02. The second kappa shape index (κ2) is 9.58. The first kappa shape index (κ1) is 21.5. The van der Waals surface area contributed by atoms with Crippen molar-refractivity contribution in [1.82, 2.24) is 4.98 Å². The van der Waals surface area contributed by atoms with Gasteiger partial charge in [-0.3, -0.25) is 0 Å². The average Bonchev–Trinajstić information content (AvgIpc) is 3.19. The molecule has 0 atom stereocenters. The van der Waals surface area contributed by atoms with E-state index in [0.29, 0.717) is 22.8 Å². The number of aromatic amines is 1. The lowest BCUT2D eigenvalue weighted by atomic mass is 10.1. The molecule has 0 saturated carbocycles. The number of thiocarbonyl (C=S) groups is 1. The SMILES string of the molecule is COc1cc2oc(=O)cc(CSC(=S)CCCc3c[nH]c4ccccc34)c2cc1OC. The van der Waals surface area contributed by atoms with E-state index in [-0.39, 0.29) is 5.63 Å². The van der Waals surface area contributed by atoms with Gasteiger partial charge in [-0.2, -0.15) is 0 Å². The Bertz CT molecular complexity index is 1290. The van der Waals surface area contributed by atoms with Crippen LogP contribution in [-0.4, -0.2) is 23.4 Å². The topological polar surface area (TPSA) is 64.5 Å². The second-order valence-corrected chi connectivity index (χ2v) is 8.99. The summed E-state index contributed by atoms with van der Waals surface area (Å²) in [5.41, 5.74) is 3.44. The number of H-pyrrole nitrogens is 1. The van der Waals surface area contributed by atoms with Crippen molar-refractivity contribution in [2.75, 3.05) is 14.2 Å². The normalized spacial score (nSPS) is 11.2. The van der Waals surface area contributed by atoms with E-state index in [4.69, 9.17) is 26.1 Å². The number of fused-ring (bicyclic) bond motifs is 2. The molecule has 160 valence electrons. The first-order chi connectivity index (χ1) is 15.1. The van der Waals surface area contributed by atoms with Gasteiger partial charge >= 0.3 is 5.63 Å². The van der Waals surface area contributed by atoms with Crippen molar-refractivity contribution in [2.24, 2.45) is 0 Å². The molecule has 2 heterocycles. The van der Waals surface area contributed by atoms with Gasteiger partial charge < -0.3 is 18.9 Å². The number of aromatic nitrogens is 1. The number of para-hydroxylation sites is 1. The Kier molecular flexibility index (Phi) is 6.63. The fourth-order valence-electron chi connectivity index (χ4n) is 3.67. The molecule has 0 fully saturated rings. The number of benzene rings is 2. The molecule has 0 aliphatic rings. The first-order valence-electron chi connectivity index (χ1n) is 9.98. The van der Waals surface area contributed by atoms with E-state index in [1.165, 1.54) is 17.0 Å². The van der Waals surface area contributed by atoms with Gasteiger partial charge in [-0.25, -0.2) is 4.79 Å². The number of rotatable bonds is 8. The highest BCUT2D eigenvalue weighted by Crippen LogP contribution is 2.34. The van der Waals surface area contributed by atoms with Crippen molar-refractivity contribution in [2.45, 2.75) is 25.0 Å². The standard InChI is InChI=1S/C24H23NO4S2/c1-27-21-11-18-16(10-23(26)29-20(18)12-22(21)28-2)14-31-24(30)9-5-6-15-13-25-19-8-4-3-7-17(15)19/h3-4,7-8,10-13,25H,5-6,9,14H2,1-2H3. The molecule has 4 rings (SSSR count). The van der Waals surface area contributed by atoms with Crippen LogP contribution in [0.15, 0.2) is 57.9 Å². The third-order valence-corrected chi connectivity index (χ3v) is 6.76. The zero-order valence-electron chi connectivity index (χ0n) is 17.4. The first-order valence-corrected chi connectivity index (χ1v) is 11.4. The van der Waals surface area contributed by atoms with Crippen LogP contribution in [0.25, 0.3) is 21.9 Å². The third-order valence-electron chi connectivity index (χ3n) is 5.22. The Morgan fingerprint density at radius 1 is 1.06 bits per heavy atom. The smallest absolute Gasteiger partial charge is 0.336 e. The Morgan fingerprint density at radius 3 is 2.65 bits per heavy atom. The van der Waals surface area contributed by atoms with Crippen molar-refractivity contribution in [1.29, 1.82) is 0 Å². The van der Waals surface area contributed by atoms with E-state index in [1.807, 2.05) is 12.1 Å². The van der Waals surface area contributed by atoms with Crippen molar-refractivity contribution in [3.8, 4) is 11.5 Å². The molecule has 0 aliphatic heterocycles. The molecular formula is C24H23NO4S2. The summed E-state index contributed by atoms with van der Waals surface area (Å²) in [6.45, 7) is 0. The van der Waals surface area contributed by atoms with Gasteiger partial charge in [-0.05, 0) is 42.5 Å². The van der Waals surface area contributed by atoms with Crippen LogP contribution < -0.4 is 15.1 Å². The number of hydrogen-bond donors (Lipinski definition) is 1. The van der Waals surface area contributed by atoms with E-state index in [9.17, 15) is 4.79 Å². The van der Waals surface area contributed by atoms with E-state index < -0.39 is 0 Å². The van der Waals surface area contributed by atoms with Gasteiger partial charge in [0.05, 0.1) is 14.2 Å². The molecule has 5 nitrogen and oxygen atoms in total. The summed E-state index contributed by atoms with van der Waals surface area (Å²) in [5.74, 6) is 1.72. The lowest BCUT2D eigenvalue weighted by Gasteiger charge is -2.11. The fraction of sp³-hybridized carbons (Fsp3) is 0.250. The van der Waals surface area contributed by atoms with Crippen molar-refractivity contribution in [3.63, 3.8) is 0 Å². The molecule has 0 unspecified atom stereocenters. The number of hydrogen-bond acceptors (Lipinski definition) is 6. The van der Waals surface area contributed by atoms with E-state index >= 15 is 0 Å². The molecule has 0 aliphatic carbocycles. The number of aryl methyl sites for hydroxylation is 1. The third kappa shape index (κ3) is 4.78. The number of thioether (sulfide) groups is 1. The molecule has 2 aromatic carbocycles. The molecule has 0 radical (unpaired) electrons. The lowest BCUT2D eigenvalue weighted by molar-refractivity contribution is 0.355.